The van der Waals surface area contributed by atoms with Crippen molar-refractivity contribution in [2.45, 2.75) is 32.9 Å². The number of piperazine rings is 1. The van der Waals surface area contributed by atoms with E-state index in [2.05, 4.69) is 29.0 Å². The molecule has 3 nitrogen and oxygen atoms in total. The molecule has 0 amide bonds. The summed E-state index contributed by atoms with van der Waals surface area (Å²) in [6.07, 6.45) is 4.20. The van der Waals surface area contributed by atoms with Crippen molar-refractivity contribution in [3.63, 3.8) is 0 Å². The molecule has 1 N–H and O–H groups in total. The molecule has 0 saturated carbocycles. The summed E-state index contributed by atoms with van der Waals surface area (Å²) in [5, 5.41) is 3.55. The predicted molar refractivity (Wildman–Crippen MR) is 70.7 cm³/mol. The summed E-state index contributed by atoms with van der Waals surface area (Å²) in [5.41, 5.74) is 0.959. The number of pyridine rings is 1. The van der Waals surface area contributed by atoms with E-state index in [1.807, 2.05) is 0 Å². The Morgan fingerprint density at radius 3 is 3.06 bits per heavy atom. The van der Waals surface area contributed by atoms with Gasteiger partial charge in [-0.05, 0) is 24.0 Å². The topological polar surface area (TPSA) is 28.2 Å². The lowest BCUT2D eigenvalue weighted by Crippen LogP contribution is -2.50. The van der Waals surface area contributed by atoms with Gasteiger partial charge in [-0.3, -0.25) is 9.88 Å². The van der Waals surface area contributed by atoms with E-state index >= 15 is 0 Å². The van der Waals surface area contributed by atoms with Crippen LogP contribution in [0.4, 0.5) is 4.39 Å². The molecule has 100 valence electrons. The van der Waals surface area contributed by atoms with Crippen molar-refractivity contribution < 1.29 is 4.39 Å². The summed E-state index contributed by atoms with van der Waals surface area (Å²) < 4.78 is 13.1. The number of aromatic nitrogens is 1. The molecule has 0 aliphatic carbocycles. The summed E-state index contributed by atoms with van der Waals surface area (Å²) in [6, 6.07) is 2.13. The van der Waals surface area contributed by atoms with Crippen molar-refractivity contribution in [1.29, 1.82) is 0 Å². The third kappa shape index (κ3) is 4.03. The molecule has 4 heteroatoms. The van der Waals surface area contributed by atoms with Crippen molar-refractivity contribution in [3.05, 3.63) is 29.8 Å². The summed E-state index contributed by atoms with van der Waals surface area (Å²) in [7, 11) is 0. The van der Waals surface area contributed by atoms with E-state index in [9.17, 15) is 4.39 Å². The first-order valence-electron chi connectivity index (χ1n) is 6.68. The molecule has 2 heterocycles. The molecule has 1 saturated heterocycles. The molecule has 0 aromatic carbocycles. The molecule has 0 radical (unpaired) electrons. The molecule has 0 spiro atoms. The molecule has 2 rings (SSSR count). The zero-order valence-corrected chi connectivity index (χ0v) is 11.2. The fourth-order valence-electron chi connectivity index (χ4n) is 2.57. The van der Waals surface area contributed by atoms with E-state index in [4.69, 9.17) is 0 Å². The second-order valence-corrected chi connectivity index (χ2v) is 5.53. The molecule has 18 heavy (non-hydrogen) atoms. The fourth-order valence-corrected chi connectivity index (χ4v) is 2.57. The number of hydrogen-bond acceptors (Lipinski definition) is 3. The van der Waals surface area contributed by atoms with Crippen LogP contribution >= 0.6 is 0 Å². The molecule has 1 unspecified atom stereocenters. The van der Waals surface area contributed by atoms with Gasteiger partial charge in [0.05, 0.1) is 6.20 Å². The number of halogens is 1. The largest absolute Gasteiger partial charge is 0.311 e. The van der Waals surface area contributed by atoms with E-state index in [0.717, 1.165) is 31.7 Å². The Kier molecular flexibility index (Phi) is 4.66. The maximum absolute atomic E-state index is 13.1. The van der Waals surface area contributed by atoms with E-state index in [1.165, 1.54) is 12.6 Å². The smallest absolute Gasteiger partial charge is 0.141 e. The van der Waals surface area contributed by atoms with Crippen molar-refractivity contribution in [2.24, 2.45) is 5.92 Å². The zero-order chi connectivity index (χ0) is 13.0. The van der Waals surface area contributed by atoms with Crippen molar-refractivity contribution >= 4 is 0 Å². The average Bonchev–Trinajstić information content (AvgIpc) is 2.28. The van der Waals surface area contributed by atoms with Crippen molar-refractivity contribution in [1.82, 2.24) is 15.2 Å². The number of nitrogens with zero attached hydrogens (tertiary/aromatic N) is 2. The predicted octanol–water partition coefficient (Wildman–Crippen LogP) is 2.04. The molecular formula is C14H22FN3. The van der Waals surface area contributed by atoms with Crippen LogP contribution in [0.25, 0.3) is 0 Å². The minimum absolute atomic E-state index is 0.249. The summed E-state index contributed by atoms with van der Waals surface area (Å²) in [5.74, 6) is 0.458. The highest BCUT2D eigenvalue weighted by Crippen LogP contribution is 2.12. The lowest BCUT2D eigenvalue weighted by molar-refractivity contribution is 0.179. The van der Waals surface area contributed by atoms with Crippen LogP contribution in [0, 0.1) is 11.7 Å². The molecule has 1 aromatic rings. The molecular weight excluding hydrogens is 229 g/mol. The minimum atomic E-state index is -0.249. The normalized spacial score (nSPS) is 21.4. The molecule has 0 bridgehead atoms. The first-order chi connectivity index (χ1) is 8.63. The molecule has 1 aromatic heterocycles. The van der Waals surface area contributed by atoms with Crippen molar-refractivity contribution in [3.8, 4) is 0 Å². The van der Waals surface area contributed by atoms with Crippen LogP contribution in [0.2, 0.25) is 0 Å². The highest BCUT2D eigenvalue weighted by Gasteiger charge is 2.20. The average molecular weight is 251 g/mol. The Morgan fingerprint density at radius 2 is 2.33 bits per heavy atom. The zero-order valence-electron chi connectivity index (χ0n) is 11.2. The van der Waals surface area contributed by atoms with Crippen LogP contribution < -0.4 is 5.32 Å². The molecule has 1 aliphatic heterocycles. The Bertz CT molecular complexity index is 381. The van der Waals surface area contributed by atoms with Crippen LogP contribution in [0.15, 0.2) is 18.5 Å². The Morgan fingerprint density at radius 1 is 1.50 bits per heavy atom. The second kappa shape index (κ2) is 6.25. The Labute approximate surface area is 108 Å². The maximum atomic E-state index is 13.1. The van der Waals surface area contributed by atoms with Gasteiger partial charge in [-0.1, -0.05) is 13.8 Å². The van der Waals surface area contributed by atoms with Crippen LogP contribution in [0.3, 0.4) is 0 Å². The third-order valence-corrected chi connectivity index (χ3v) is 3.26. The van der Waals surface area contributed by atoms with Crippen LogP contribution in [-0.4, -0.2) is 35.6 Å². The van der Waals surface area contributed by atoms with E-state index in [1.54, 1.807) is 12.3 Å². The summed E-state index contributed by atoms with van der Waals surface area (Å²) >= 11 is 0. The van der Waals surface area contributed by atoms with Gasteiger partial charge in [-0.2, -0.15) is 0 Å². The lowest BCUT2D eigenvalue weighted by atomic mass is 10.0. The minimum Gasteiger partial charge on any atom is -0.311 e. The van der Waals surface area contributed by atoms with E-state index < -0.39 is 0 Å². The number of rotatable bonds is 4. The highest BCUT2D eigenvalue weighted by atomic mass is 19.1. The Hall–Kier alpha value is -1.00. The van der Waals surface area contributed by atoms with Crippen LogP contribution in [0.5, 0.6) is 0 Å². The van der Waals surface area contributed by atoms with Gasteiger partial charge in [0.15, 0.2) is 0 Å². The number of nitrogens with one attached hydrogen (secondary N) is 1. The van der Waals surface area contributed by atoms with Crippen molar-refractivity contribution in [2.75, 3.05) is 19.6 Å². The molecule has 1 fully saturated rings. The summed E-state index contributed by atoms with van der Waals surface area (Å²) in [6.45, 7) is 8.36. The first kappa shape index (κ1) is 13.4. The van der Waals surface area contributed by atoms with Gasteiger partial charge in [-0.25, -0.2) is 4.39 Å². The second-order valence-electron chi connectivity index (χ2n) is 5.53. The van der Waals surface area contributed by atoms with Gasteiger partial charge < -0.3 is 5.32 Å². The summed E-state index contributed by atoms with van der Waals surface area (Å²) in [4.78, 5) is 6.27. The number of hydrogen-bond donors (Lipinski definition) is 1. The SMILES string of the molecule is CC(C)CC1CN(Cc2cncc(F)c2)CCN1. The maximum Gasteiger partial charge on any atom is 0.141 e. The van der Waals surface area contributed by atoms with Gasteiger partial charge in [0.25, 0.3) is 0 Å². The van der Waals surface area contributed by atoms with E-state index in [-0.39, 0.29) is 5.82 Å². The molecule has 1 atom stereocenters. The lowest BCUT2D eigenvalue weighted by Gasteiger charge is -2.34. The fraction of sp³-hybridized carbons (Fsp3) is 0.643. The van der Waals surface area contributed by atoms with Gasteiger partial charge in [0.1, 0.15) is 5.82 Å². The third-order valence-electron chi connectivity index (χ3n) is 3.26. The Balaban J connectivity index is 1.89. The molecule has 1 aliphatic rings. The quantitative estimate of drug-likeness (QED) is 0.887. The van der Waals surface area contributed by atoms with Gasteiger partial charge in [0, 0.05) is 38.4 Å². The monoisotopic (exact) mass is 251 g/mol. The standard InChI is InChI=1S/C14H22FN3/c1-11(2)5-14-10-18(4-3-17-14)9-12-6-13(15)8-16-7-12/h6-8,11,14,17H,3-5,9-10H2,1-2H3. The van der Waals surface area contributed by atoms with E-state index in [0.29, 0.717) is 12.0 Å². The van der Waals surface area contributed by atoms with Crippen LogP contribution in [-0.2, 0) is 6.54 Å². The van der Waals surface area contributed by atoms with Gasteiger partial charge >= 0.3 is 0 Å². The highest BCUT2D eigenvalue weighted by molar-refractivity contribution is 5.10. The van der Waals surface area contributed by atoms with Gasteiger partial charge in [0.2, 0.25) is 0 Å². The van der Waals surface area contributed by atoms with Crippen LogP contribution in [0.1, 0.15) is 25.8 Å². The first-order valence-corrected chi connectivity index (χ1v) is 6.68. The van der Waals surface area contributed by atoms with Gasteiger partial charge in [-0.15, -0.1) is 0 Å².